The Morgan fingerprint density at radius 1 is 1.09 bits per heavy atom. The van der Waals surface area contributed by atoms with Crippen molar-refractivity contribution in [3.05, 3.63) is 35.5 Å². The van der Waals surface area contributed by atoms with E-state index in [0.717, 1.165) is 67.4 Å². The fraction of sp³-hybridized carbons (Fsp3) is 0.583. The molecule has 0 aliphatic carbocycles. The van der Waals surface area contributed by atoms with E-state index in [4.69, 9.17) is 14.6 Å². The first-order valence-corrected chi connectivity index (χ1v) is 13.3. The molecule has 8 nitrogen and oxygen atoms in total. The maximum Gasteiger partial charge on any atom is 0.274 e. The minimum Gasteiger partial charge on any atom is -0.381 e. The molecule has 0 saturated carbocycles. The normalized spacial score (nSPS) is 27.5. The number of carbonyl (C=O) groups is 1. The van der Waals surface area contributed by atoms with E-state index in [1.54, 1.807) is 0 Å². The molecule has 0 bridgehead atoms. The molecule has 3 atom stereocenters. The summed E-state index contributed by atoms with van der Waals surface area (Å²) in [6.07, 6.45) is 2.13. The van der Waals surface area contributed by atoms with Crippen molar-refractivity contribution in [1.82, 2.24) is 19.6 Å². The molecular weight excluding hydrogens is 440 g/mol. The molecule has 176 valence electrons. The van der Waals surface area contributed by atoms with Crippen LogP contribution in [0, 0.1) is 5.92 Å². The van der Waals surface area contributed by atoms with Crippen LogP contribution in [0.4, 0.5) is 0 Å². The molecule has 4 aliphatic heterocycles. The molecular formula is C24H30N4O4S. The highest BCUT2D eigenvalue weighted by Crippen LogP contribution is 2.40. The molecule has 0 spiro atoms. The number of morpholine rings is 1. The molecule has 6 rings (SSSR count). The molecule has 0 radical (unpaired) electrons. The van der Waals surface area contributed by atoms with E-state index >= 15 is 0 Å². The van der Waals surface area contributed by atoms with Gasteiger partial charge in [-0.25, -0.2) is 0 Å². The van der Waals surface area contributed by atoms with Crippen LogP contribution < -0.4 is 0 Å². The Hall–Kier alpha value is -2.07. The van der Waals surface area contributed by atoms with Crippen LogP contribution in [0.15, 0.2) is 29.2 Å². The van der Waals surface area contributed by atoms with E-state index < -0.39 is 10.8 Å². The Morgan fingerprint density at radius 3 is 2.76 bits per heavy atom. The van der Waals surface area contributed by atoms with Crippen molar-refractivity contribution >= 4 is 16.7 Å². The van der Waals surface area contributed by atoms with Crippen molar-refractivity contribution in [2.24, 2.45) is 5.92 Å². The number of amides is 1. The number of aromatic nitrogens is 2. The molecule has 3 unspecified atom stereocenters. The topological polar surface area (TPSA) is 76.9 Å². The van der Waals surface area contributed by atoms with Crippen LogP contribution in [0.3, 0.4) is 0 Å². The zero-order valence-corrected chi connectivity index (χ0v) is 19.6. The Morgan fingerprint density at radius 2 is 1.94 bits per heavy atom. The van der Waals surface area contributed by atoms with E-state index in [1.165, 1.54) is 0 Å². The third-order valence-corrected chi connectivity index (χ3v) is 8.70. The molecule has 9 heteroatoms. The minimum absolute atomic E-state index is 0.0670. The van der Waals surface area contributed by atoms with Crippen molar-refractivity contribution in [3.8, 4) is 11.3 Å². The van der Waals surface area contributed by atoms with Crippen molar-refractivity contribution in [2.75, 3.05) is 59.2 Å². The van der Waals surface area contributed by atoms with E-state index in [-0.39, 0.29) is 11.9 Å². The van der Waals surface area contributed by atoms with Gasteiger partial charge in [0.2, 0.25) is 0 Å². The van der Waals surface area contributed by atoms with Gasteiger partial charge in [-0.05, 0) is 24.8 Å². The lowest BCUT2D eigenvalue weighted by molar-refractivity contribution is 0.0297. The Kier molecular flexibility index (Phi) is 5.82. The van der Waals surface area contributed by atoms with Crippen LogP contribution in [0.5, 0.6) is 0 Å². The summed E-state index contributed by atoms with van der Waals surface area (Å²) >= 11 is 0. The summed E-state index contributed by atoms with van der Waals surface area (Å²) in [6.45, 7) is 6.96. The minimum atomic E-state index is -1.18. The van der Waals surface area contributed by atoms with Crippen LogP contribution in [0.2, 0.25) is 0 Å². The fourth-order valence-electron chi connectivity index (χ4n) is 5.58. The second-order valence-electron chi connectivity index (χ2n) is 9.44. The molecule has 33 heavy (non-hydrogen) atoms. The summed E-state index contributed by atoms with van der Waals surface area (Å²) in [5.74, 6) is 0.882. The van der Waals surface area contributed by atoms with Crippen LogP contribution in [-0.2, 0) is 26.0 Å². The standard InChI is InChI=1S/C24H30N4O4S/c29-24(27-8-11-31-12-9-27)22-20-16-33(30)21-4-2-1-3-19(21)23(20)28(25-22)18-5-7-26(14-18)13-17-6-10-32-15-17/h1-4,17-18H,5-16H2. The van der Waals surface area contributed by atoms with Gasteiger partial charge in [0.25, 0.3) is 5.91 Å². The Bertz CT molecular complexity index is 1070. The van der Waals surface area contributed by atoms with Gasteiger partial charge < -0.3 is 19.3 Å². The maximum atomic E-state index is 13.5. The van der Waals surface area contributed by atoms with Gasteiger partial charge in [-0.1, -0.05) is 18.2 Å². The van der Waals surface area contributed by atoms with Gasteiger partial charge in [0.15, 0.2) is 5.69 Å². The smallest absolute Gasteiger partial charge is 0.274 e. The number of benzene rings is 1. The summed E-state index contributed by atoms with van der Waals surface area (Å²) < 4.78 is 26.2. The molecule has 0 N–H and O–H groups in total. The van der Waals surface area contributed by atoms with E-state index in [1.807, 2.05) is 29.2 Å². The number of carbonyl (C=O) groups excluding carboxylic acids is 1. The first-order valence-electron chi connectivity index (χ1n) is 12.0. The van der Waals surface area contributed by atoms with E-state index in [9.17, 15) is 9.00 Å². The van der Waals surface area contributed by atoms with Crippen LogP contribution >= 0.6 is 0 Å². The maximum absolute atomic E-state index is 13.5. The highest BCUT2D eigenvalue weighted by Gasteiger charge is 2.37. The van der Waals surface area contributed by atoms with Crippen molar-refractivity contribution in [3.63, 3.8) is 0 Å². The zero-order chi connectivity index (χ0) is 22.4. The molecule has 5 heterocycles. The van der Waals surface area contributed by atoms with Gasteiger partial charge in [0.05, 0.1) is 48.1 Å². The summed E-state index contributed by atoms with van der Waals surface area (Å²) in [6, 6.07) is 8.08. The van der Waals surface area contributed by atoms with Gasteiger partial charge in [0, 0.05) is 55.4 Å². The van der Waals surface area contributed by atoms with Gasteiger partial charge in [-0.3, -0.25) is 13.7 Å². The number of rotatable bonds is 4. The quantitative estimate of drug-likeness (QED) is 0.680. The number of hydrogen-bond donors (Lipinski definition) is 0. The lowest BCUT2D eigenvalue weighted by Gasteiger charge is -2.26. The molecule has 1 amide bonds. The largest absolute Gasteiger partial charge is 0.381 e. The fourth-order valence-corrected chi connectivity index (χ4v) is 6.91. The first kappa shape index (κ1) is 21.5. The second-order valence-corrected chi connectivity index (χ2v) is 10.9. The third kappa shape index (κ3) is 3.95. The molecule has 1 aromatic carbocycles. The SMILES string of the molecule is O=C(c1nn(C2CCN(CC3CCOC3)C2)c2c1CS(=O)c1ccccc1-2)N1CCOCC1. The monoisotopic (exact) mass is 470 g/mol. The molecule has 1 aromatic heterocycles. The number of likely N-dealkylation sites (tertiary alicyclic amines) is 1. The Labute approximate surface area is 196 Å². The van der Waals surface area contributed by atoms with Crippen LogP contribution in [0.25, 0.3) is 11.3 Å². The lowest BCUT2D eigenvalue weighted by atomic mass is 10.0. The third-order valence-electron chi connectivity index (χ3n) is 7.31. The van der Waals surface area contributed by atoms with Gasteiger partial charge >= 0.3 is 0 Å². The summed E-state index contributed by atoms with van der Waals surface area (Å²) in [4.78, 5) is 18.7. The second kappa shape index (κ2) is 8.94. The predicted octanol–water partition coefficient (Wildman–Crippen LogP) is 1.93. The first-order chi connectivity index (χ1) is 16.2. The summed E-state index contributed by atoms with van der Waals surface area (Å²) in [5, 5.41) is 4.95. The van der Waals surface area contributed by atoms with Gasteiger partial charge in [-0.2, -0.15) is 5.10 Å². The highest BCUT2D eigenvalue weighted by atomic mass is 32.2. The van der Waals surface area contributed by atoms with Crippen LogP contribution in [-0.4, -0.2) is 88.8 Å². The number of nitrogens with zero attached hydrogens (tertiary/aromatic N) is 4. The molecule has 2 aromatic rings. The van der Waals surface area contributed by atoms with Crippen LogP contribution in [0.1, 0.15) is 34.9 Å². The average Bonchev–Trinajstić information content (AvgIpc) is 3.60. The predicted molar refractivity (Wildman–Crippen MR) is 124 cm³/mol. The van der Waals surface area contributed by atoms with E-state index in [0.29, 0.717) is 43.7 Å². The Balaban J connectivity index is 1.36. The molecule has 4 aliphatic rings. The highest BCUT2D eigenvalue weighted by molar-refractivity contribution is 7.84. The summed E-state index contributed by atoms with van der Waals surface area (Å²) in [5.41, 5.74) is 3.25. The van der Waals surface area contributed by atoms with Crippen molar-refractivity contribution in [2.45, 2.75) is 29.5 Å². The number of ether oxygens (including phenoxy) is 2. The number of hydrogen-bond acceptors (Lipinski definition) is 6. The zero-order valence-electron chi connectivity index (χ0n) is 18.8. The van der Waals surface area contributed by atoms with Gasteiger partial charge in [-0.15, -0.1) is 0 Å². The molecule has 3 saturated heterocycles. The van der Waals surface area contributed by atoms with Crippen molar-refractivity contribution < 1.29 is 18.5 Å². The average molecular weight is 471 g/mol. The number of fused-ring (bicyclic) bond motifs is 3. The van der Waals surface area contributed by atoms with E-state index in [2.05, 4.69) is 9.58 Å². The van der Waals surface area contributed by atoms with Crippen molar-refractivity contribution in [1.29, 1.82) is 0 Å². The lowest BCUT2D eigenvalue weighted by Crippen LogP contribution is -2.41. The van der Waals surface area contributed by atoms with Gasteiger partial charge in [0.1, 0.15) is 0 Å². The summed E-state index contributed by atoms with van der Waals surface area (Å²) in [7, 11) is -1.18. The molecule has 3 fully saturated rings.